The van der Waals surface area contributed by atoms with Gasteiger partial charge in [0.15, 0.2) is 0 Å². The molecule has 1 aliphatic rings. The third-order valence-electron chi connectivity index (χ3n) is 2.78. The summed E-state index contributed by atoms with van der Waals surface area (Å²) in [6.45, 7) is 2.22. The van der Waals surface area contributed by atoms with Crippen molar-refractivity contribution >= 4 is 17.8 Å². The number of nitrogens with zero attached hydrogens (tertiary/aromatic N) is 1. The smallest absolute Gasteiger partial charge is 0.325 e. The molecule has 0 heterocycles. The van der Waals surface area contributed by atoms with Gasteiger partial charge in [-0.15, -0.1) is 0 Å². The molecule has 1 aliphatic carbocycles. The Bertz CT molecular complexity index is 328. The normalized spacial score (nSPS) is 21.8. The van der Waals surface area contributed by atoms with E-state index in [1.807, 2.05) is 6.92 Å². The van der Waals surface area contributed by atoms with Crippen LogP contribution in [0.2, 0.25) is 0 Å². The van der Waals surface area contributed by atoms with Gasteiger partial charge in [0.2, 0.25) is 5.91 Å². The monoisotopic (exact) mass is 243 g/mol. The Labute approximate surface area is 99.5 Å². The van der Waals surface area contributed by atoms with E-state index in [0.29, 0.717) is 19.4 Å². The maximum atomic E-state index is 11.9. The van der Waals surface area contributed by atoms with Gasteiger partial charge in [-0.05, 0) is 12.8 Å². The SMILES string of the molecule is CCCN(CC(=O)OC)C(=O)[C@@H]1C[C@@H]1C(=O)O. The van der Waals surface area contributed by atoms with Crippen LogP contribution in [0.25, 0.3) is 0 Å². The molecule has 6 nitrogen and oxygen atoms in total. The lowest BCUT2D eigenvalue weighted by atomic mass is 10.2. The highest BCUT2D eigenvalue weighted by atomic mass is 16.5. The van der Waals surface area contributed by atoms with Crippen molar-refractivity contribution in [2.24, 2.45) is 11.8 Å². The Kier molecular flexibility index (Phi) is 4.48. The maximum Gasteiger partial charge on any atom is 0.325 e. The molecule has 0 aromatic carbocycles. The van der Waals surface area contributed by atoms with Crippen LogP contribution in [0.15, 0.2) is 0 Å². The van der Waals surface area contributed by atoms with Crippen LogP contribution >= 0.6 is 0 Å². The minimum Gasteiger partial charge on any atom is -0.481 e. The molecule has 0 aliphatic heterocycles. The van der Waals surface area contributed by atoms with Gasteiger partial charge in [-0.2, -0.15) is 0 Å². The van der Waals surface area contributed by atoms with Gasteiger partial charge in [-0.25, -0.2) is 0 Å². The van der Waals surface area contributed by atoms with E-state index < -0.39 is 23.8 Å². The lowest BCUT2D eigenvalue weighted by Crippen LogP contribution is -2.38. The highest BCUT2D eigenvalue weighted by Crippen LogP contribution is 2.40. The topological polar surface area (TPSA) is 83.9 Å². The molecule has 17 heavy (non-hydrogen) atoms. The number of aliphatic carboxylic acids is 1. The van der Waals surface area contributed by atoms with Gasteiger partial charge in [0.25, 0.3) is 0 Å². The quantitative estimate of drug-likeness (QED) is 0.670. The number of carboxylic acids is 1. The van der Waals surface area contributed by atoms with Crippen molar-refractivity contribution in [3.8, 4) is 0 Å². The summed E-state index contributed by atoms with van der Waals surface area (Å²) in [7, 11) is 1.26. The van der Waals surface area contributed by atoms with Crippen LogP contribution in [0.3, 0.4) is 0 Å². The summed E-state index contributed by atoms with van der Waals surface area (Å²) in [5.41, 5.74) is 0. The molecule has 0 unspecified atom stereocenters. The average molecular weight is 243 g/mol. The van der Waals surface area contributed by atoms with E-state index >= 15 is 0 Å². The van der Waals surface area contributed by atoms with Crippen molar-refractivity contribution < 1.29 is 24.2 Å². The van der Waals surface area contributed by atoms with E-state index in [0.717, 1.165) is 0 Å². The zero-order chi connectivity index (χ0) is 13.0. The number of carboxylic acid groups (broad SMARTS) is 1. The molecular weight excluding hydrogens is 226 g/mol. The molecule has 1 fully saturated rings. The second-order valence-electron chi connectivity index (χ2n) is 4.12. The fraction of sp³-hybridized carbons (Fsp3) is 0.727. The summed E-state index contributed by atoms with van der Waals surface area (Å²) >= 11 is 0. The number of carbonyl (C=O) groups is 3. The van der Waals surface area contributed by atoms with E-state index in [2.05, 4.69) is 4.74 Å². The zero-order valence-corrected chi connectivity index (χ0v) is 10.0. The van der Waals surface area contributed by atoms with Crippen LogP contribution in [0.1, 0.15) is 19.8 Å². The third-order valence-corrected chi connectivity index (χ3v) is 2.78. The Balaban J connectivity index is 2.56. The molecule has 0 aromatic heterocycles. The minimum absolute atomic E-state index is 0.105. The van der Waals surface area contributed by atoms with E-state index in [1.54, 1.807) is 0 Å². The van der Waals surface area contributed by atoms with Gasteiger partial charge in [-0.1, -0.05) is 6.92 Å². The number of methoxy groups -OCH3 is 1. The largest absolute Gasteiger partial charge is 0.481 e. The number of ether oxygens (including phenoxy) is 1. The number of rotatable bonds is 6. The van der Waals surface area contributed by atoms with Crippen LogP contribution in [-0.2, 0) is 19.1 Å². The second kappa shape index (κ2) is 5.65. The lowest BCUT2D eigenvalue weighted by molar-refractivity contribution is -0.148. The summed E-state index contributed by atoms with van der Waals surface area (Å²) in [5.74, 6) is -2.75. The minimum atomic E-state index is -0.946. The number of esters is 1. The van der Waals surface area contributed by atoms with Crippen molar-refractivity contribution in [3.05, 3.63) is 0 Å². The number of carbonyl (C=O) groups excluding carboxylic acids is 2. The summed E-state index contributed by atoms with van der Waals surface area (Å²) in [6, 6.07) is 0. The van der Waals surface area contributed by atoms with Gasteiger partial charge >= 0.3 is 11.9 Å². The van der Waals surface area contributed by atoms with Crippen LogP contribution in [-0.4, -0.2) is 48.1 Å². The van der Waals surface area contributed by atoms with Crippen molar-refractivity contribution in [1.82, 2.24) is 4.90 Å². The molecule has 0 aromatic rings. The van der Waals surface area contributed by atoms with Gasteiger partial charge < -0.3 is 14.7 Å². The predicted molar refractivity (Wildman–Crippen MR) is 58.1 cm³/mol. The molecule has 6 heteroatoms. The standard InChI is InChI=1S/C11H17NO5/c1-3-4-12(6-9(13)17-2)10(14)7-5-8(7)11(15)16/h7-8H,3-6H2,1-2H3,(H,15,16)/t7-,8+/m1/s1. The zero-order valence-electron chi connectivity index (χ0n) is 10.0. The van der Waals surface area contributed by atoms with Crippen LogP contribution < -0.4 is 0 Å². The van der Waals surface area contributed by atoms with Gasteiger partial charge in [0.05, 0.1) is 18.9 Å². The van der Waals surface area contributed by atoms with Crippen molar-refractivity contribution in [2.75, 3.05) is 20.2 Å². The highest BCUT2D eigenvalue weighted by molar-refractivity contribution is 5.91. The van der Waals surface area contributed by atoms with Crippen LogP contribution in [0, 0.1) is 11.8 Å². The van der Waals surface area contributed by atoms with Crippen molar-refractivity contribution in [2.45, 2.75) is 19.8 Å². The second-order valence-corrected chi connectivity index (χ2v) is 4.12. The first kappa shape index (κ1) is 13.5. The summed E-state index contributed by atoms with van der Waals surface area (Å²) < 4.78 is 4.50. The molecule has 0 bridgehead atoms. The summed E-state index contributed by atoms with van der Waals surface area (Å²) in [5, 5.41) is 8.75. The molecule has 2 atom stereocenters. The molecule has 1 N–H and O–H groups in total. The summed E-state index contributed by atoms with van der Waals surface area (Å²) in [6.07, 6.45) is 1.09. The molecule has 0 saturated heterocycles. The van der Waals surface area contributed by atoms with E-state index in [4.69, 9.17) is 5.11 Å². The van der Waals surface area contributed by atoms with Crippen LogP contribution in [0.5, 0.6) is 0 Å². The number of amides is 1. The fourth-order valence-electron chi connectivity index (χ4n) is 1.73. The Morgan fingerprint density at radius 2 is 2.00 bits per heavy atom. The first-order valence-corrected chi connectivity index (χ1v) is 5.59. The molecule has 1 rings (SSSR count). The van der Waals surface area contributed by atoms with Crippen LogP contribution in [0.4, 0.5) is 0 Å². The lowest BCUT2D eigenvalue weighted by Gasteiger charge is -2.20. The number of hydrogen-bond donors (Lipinski definition) is 1. The van der Waals surface area contributed by atoms with Gasteiger partial charge in [-0.3, -0.25) is 14.4 Å². The first-order valence-electron chi connectivity index (χ1n) is 5.59. The fourth-order valence-corrected chi connectivity index (χ4v) is 1.73. The van der Waals surface area contributed by atoms with Crippen molar-refractivity contribution in [3.63, 3.8) is 0 Å². The highest BCUT2D eigenvalue weighted by Gasteiger charge is 2.49. The van der Waals surface area contributed by atoms with E-state index in [1.165, 1.54) is 12.0 Å². The molecule has 0 spiro atoms. The maximum absolute atomic E-state index is 11.9. The Hall–Kier alpha value is -1.59. The Morgan fingerprint density at radius 1 is 1.35 bits per heavy atom. The molecule has 1 saturated carbocycles. The third kappa shape index (κ3) is 3.44. The predicted octanol–water partition coefficient (Wildman–Crippen LogP) is 0.119. The van der Waals surface area contributed by atoms with Gasteiger partial charge in [0.1, 0.15) is 6.54 Å². The molecular formula is C11H17NO5. The molecule has 1 amide bonds. The van der Waals surface area contributed by atoms with Gasteiger partial charge in [0, 0.05) is 6.54 Å². The molecule has 0 radical (unpaired) electrons. The average Bonchev–Trinajstić information content (AvgIpc) is 3.07. The Morgan fingerprint density at radius 3 is 2.41 bits per heavy atom. The molecule has 96 valence electrons. The van der Waals surface area contributed by atoms with E-state index in [9.17, 15) is 14.4 Å². The first-order chi connectivity index (χ1) is 8.01. The summed E-state index contributed by atoms with van der Waals surface area (Å²) in [4.78, 5) is 35.1. The number of hydrogen-bond acceptors (Lipinski definition) is 4. The van der Waals surface area contributed by atoms with Crippen molar-refractivity contribution in [1.29, 1.82) is 0 Å². The van der Waals surface area contributed by atoms with E-state index in [-0.39, 0.29) is 12.5 Å².